The molecule has 0 aliphatic heterocycles. The maximum Gasteiger partial charge on any atom is 0.0541 e. The van der Waals surface area contributed by atoms with E-state index in [4.69, 9.17) is 0 Å². The van der Waals surface area contributed by atoms with Crippen molar-refractivity contribution in [2.45, 2.75) is 63.7 Å². The molecule has 4 aliphatic rings. The highest BCUT2D eigenvalue weighted by Gasteiger charge is 2.57. The molecule has 1 aromatic heterocycles. The van der Waals surface area contributed by atoms with E-state index in [1.807, 2.05) is 0 Å². The largest absolute Gasteiger partial charge is 0.310 e. The number of benzene rings is 7. The summed E-state index contributed by atoms with van der Waals surface area (Å²) in [5.74, 6) is 3.70. The molecule has 12 rings (SSSR count). The number of hydrogen-bond donors (Lipinski definition) is 0. The molecular formula is C56H50N2. The Labute approximate surface area is 342 Å². The molecule has 2 bridgehead atoms. The van der Waals surface area contributed by atoms with Crippen molar-refractivity contribution >= 4 is 38.9 Å². The van der Waals surface area contributed by atoms with Crippen LogP contribution in [-0.4, -0.2) is 4.57 Å². The van der Waals surface area contributed by atoms with Gasteiger partial charge in [-0.1, -0.05) is 124 Å². The molecule has 0 spiro atoms. The standard InChI is InChI=1S/C56H50N2/c1-36-29-39-30-40-34-56(33-36,35-50(39)40)41-21-25-43(26-22-41)57(45-27-28-52-49(32-45)46-13-4-7-16-51(46)55(52,2)3)42-23-19-37(20-24-42)38-11-10-12-44(31-38)58-53-17-8-5-14-47(53)48-15-6-9-18-54(48)58/h4-28,31-32,36,39-40,50H,29-30,33-35H2,1-3H3/t36-,39-,40-,50?,56?/m0/s1. The maximum atomic E-state index is 2.52. The lowest BCUT2D eigenvalue weighted by Crippen LogP contribution is -2.34. The average Bonchev–Trinajstić information content (AvgIpc) is 3.79. The average molecular weight is 751 g/mol. The van der Waals surface area contributed by atoms with Gasteiger partial charge in [0.2, 0.25) is 0 Å². The van der Waals surface area contributed by atoms with E-state index in [1.165, 1.54) is 110 Å². The Kier molecular flexibility index (Phi) is 7.41. The van der Waals surface area contributed by atoms with E-state index in [9.17, 15) is 0 Å². The van der Waals surface area contributed by atoms with Gasteiger partial charge in [-0.3, -0.25) is 0 Å². The van der Waals surface area contributed by atoms with Gasteiger partial charge in [0.1, 0.15) is 0 Å². The summed E-state index contributed by atoms with van der Waals surface area (Å²) in [7, 11) is 0. The van der Waals surface area contributed by atoms with Crippen molar-refractivity contribution in [1.29, 1.82) is 0 Å². The van der Waals surface area contributed by atoms with Gasteiger partial charge in [0.25, 0.3) is 0 Å². The molecule has 284 valence electrons. The molecule has 58 heavy (non-hydrogen) atoms. The lowest BCUT2D eigenvalue weighted by Gasteiger charge is -2.42. The predicted molar refractivity (Wildman–Crippen MR) is 243 cm³/mol. The molecule has 8 aromatic rings. The molecule has 0 amide bonds. The van der Waals surface area contributed by atoms with Gasteiger partial charge in [0.15, 0.2) is 0 Å². The predicted octanol–water partition coefficient (Wildman–Crippen LogP) is 14.9. The van der Waals surface area contributed by atoms with Crippen LogP contribution in [-0.2, 0) is 10.8 Å². The van der Waals surface area contributed by atoms with Crippen LogP contribution in [0.5, 0.6) is 0 Å². The lowest BCUT2D eigenvalue weighted by molar-refractivity contribution is 0.0780. The number of para-hydroxylation sites is 2. The zero-order valence-electron chi connectivity index (χ0n) is 33.8. The zero-order chi connectivity index (χ0) is 38.8. The quantitative estimate of drug-likeness (QED) is 0.164. The van der Waals surface area contributed by atoms with Gasteiger partial charge in [0.05, 0.1) is 11.0 Å². The Balaban J connectivity index is 0.943. The van der Waals surface area contributed by atoms with Crippen LogP contribution < -0.4 is 4.90 Å². The fourth-order valence-electron chi connectivity index (χ4n) is 12.7. The molecular weight excluding hydrogens is 701 g/mol. The highest BCUT2D eigenvalue weighted by atomic mass is 15.1. The second kappa shape index (κ2) is 12.6. The monoisotopic (exact) mass is 750 g/mol. The molecule has 2 unspecified atom stereocenters. The van der Waals surface area contributed by atoms with Crippen LogP contribution in [0.1, 0.15) is 69.6 Å². The normalized spacial score (nSPS) is 23.6. The van der Waals surface area contributed by atoms with Gasteiger partial charge in [-0.25, -0.2) is 0 Å². The Morgan fingerprint density at radius 2 is 1.17 bits per heavy atom. The molecule has 2 nitrogen and oxygen atoms in total. The minimum Gasteiger partial charge on any atom is -0.310 e. The Morgan fingerprint density at radius 1 is 0.517 bits per heavy atom. The number of nitrogens with zero attached hydrogens (tertiary/aromatic N) is 2. The van der Waals surface area contributed by atoms with Gasteiger partial charge in [-0.05, 0) is 161 Å². The van der Waals surface area contributed by atoms with Crippen LogP contribution in [0.2, 0.25) is 0 Å². The second-order valence-corrected chi connectivity index (χ2v) is 18.9. The first-order valence-corrected chi connectivity index (χ1v) is 21.7. The third kappa shape index (κ3) is 5.03. The molecule has 4 aliphatic carbocycles. The van der Waals surface area contributed by atoms with E-state index < -0.39 is 0 Å². The lowest BCUT2D eigenvalue weighted by atomic mass is 9.63. The Bertz CT molecular complexity index is 2840. The van der Waals surface area contributed by atoms with E-state index in [1.54, 1.807) is 5.56 Å². The highest BCUT2D eigenvalue weighted by molar-refractivity contribution is 6.09. The molecule has 0 radical (unpaired) electrons. The molecule has 1 heterocycles. The van der Waals surface area contributed by atoms with Crippen molar-refractivity contribution in [2.24, 2.45) is 23.7 Å². The summed E-state index contributed by atoms with van der Waals surface area (Å²) in [5.41, 5.74) is 17.1. The molecule has 7 aromatic carbocycles. The molecule has 3 saturated carbocycles. The van der Waals surface area contributed by atoms with Crippen molar-refractivity contribution in [2.75, 3.05) is 4.90 Å². The minimum absolute atomic E-state index is 0.0266. The Morgan fingerprint density at radius 3 is 1.93 bits per heavy atom. The maximum absolute atomic E-state index is 2.52. The van der Waals surface area contributed by atoms with Crippen LogP contribution in [0, 0.1) is 23.7 Å². The number of rotatable bonds is 6. The van der Waals surface area contributed by atoms with Crippen molar-refractivity contribution in [3.8, 4) is 27.9 Å². The summed E-state index contributed by atoms with van der Waals surface area (Å²) in [6.45, 7) is 7.26. The molecule has 3 fully saturated rings. The first-order chi connectivity index (χ1) is 28.3. The molecule has 0 saturated heterocycles. The van der Waals surface area contributed by atoms with Crippen molar-refractivity contribution < 1.29 is 0 Å². The first kappa shape index (κ1) is 34.2. The van der Waals surface area contributed by atoms with Crippen LogP contribution in [0.4, 0.5) is 17.1 Å². The number of hydrogen-bond acceptors (Lipinski definition) is 1. The molecule has 0 N–H and O–H groups in total. The van der Waals surface area contributed by atoms with E-state index in [0.29, 0.717) is 5.41 Å². The second-order valence-electron chi connectivity index (χ2n) is 18.9. The number of aromatic nitrogens is 1. The van der Waals surface area contributed by atoms with E-state index in [-0.39, 0.29) is 5.41 Å². The summed E-state index contributed by atoms with van der Waals surface area (Å²) < 4.78 is 2.41. The summed E-state index contributed by atoms with van der Waals surface area (Å²) in [5, 5.41) is 2.57. The molecule has 2 heteroatoms. The zero-order valence-corrected chi connectivity index (χ0v) is 33.8. The number of fused-ring (bicyclic) bond motifs is 7. The summed E-state index contributed by atoms with van der Waals surface area (Å²) >= 11 is 0. The summed E-state index contributed by atoms with van der Waals surface area (Å²) in [4.78, 5) is 2.48. The third-order valence-corrected chi connectivity index (χ3v) is 15.2. The van der Waals surface area contributed by atoms with Gasteiger partial charge in [0, 0.05) is 38.9 Å². The van der Waals surface area contributed by atoms with Gasteiger partial charge < -0.3 is 9.47 Å². The first-order valence-electron chi connectivity index (χ1n) is 21.7. The van der Waals surface area contributed by atoms with Gasteiger partial charge in [-0.15, -0.1) is 0 Å². The van der Waals surface area contributed by atoms with Gasteiger partial charge >= 0.3 is 0 Å². The van der Waals surface area contributed by atoms with E-state index in [2.05, 4.69) is 194 Å². The fourth-order valence-corrected chi connectivity index (χ4v) is 12.7. The van der Waals surface area contributed by atoms with E-state index in [0.717, 1.165) is 23.7 Å². The molecule has 5 atom stereocenters. The van der Waals surface area contributed by atoms with Crippen LogP contribution in [0.25, 0.3) is 49.7 Å². The van der Waals surface area contributed by atoms with Crippen LogP contribution >= 0.6 is 0 Å². The van der Waals surface area contributed by atoms with Crippen molar-refractivity contribution in [1.82, 2.24) is 4.57 Å². The summed E-state index contributed by atoms with van der Waals surface area (Å²) in [6.07, 6.45) is 7.05. The summed E-state index contributed by atoms with van der Waals surface area (Å²) in [6, 6.07) is 61.8. The number of anilines is 3. The SMILES string of the molecule is C[C@H]1C[C@H]2C[C@H]3CC(c4ccc(N(c5ccc(-c6cccc(-n7c8ccccc8c8ccccc87)c6)cc5)c5ccc6c(c5)-c5ccccc5C6(C)C)cc4)(CC23)C1. The van der Waals surface area contributed by atoms with Crippen LogP contribution in [0.3, 0.4) is 0 Å². The van der Waals surface area contributed by atoms with E-state index >= 15 is 0 Å². The fraction of sp³-hybridized carbons (Fsp3) is 0.250. The minimum atomic E-state index is -0.0266. The Hall–Kier alpha value is -5.86. The third-order valence-electron chi connectivity index (χ3n) is 15.2. The van der Waals surface area contributed by atoms with Crippen molar-refractivity contribution in [3.63, 3.8) is 0 Å². The smallest absolute Gasteiger partial charge is 0.0541 e. The van der Waals surface area contributed by atoms with Crippen molar-refractivity contribution in [3.05, 3.63) is 180 Å². The highest BCUT2D eigenvalue weighted by Crippen LogP contribution is 2.65. The van der Waals surface area contributed by atoms with Crippen LogP contribution in [0.15, 0.2) is 164 Å². The van der Waals surface area contributed by atoms with Gasteiger partial charge in [-0.2, -0.15) is 0 Å². The topological polar surface area (TPSA) is 8.17 Å².